The number of fused-ring (bicyclic) bond motifs is 1. The normalized spacial score (nSPS) is 11.3. The van der Waals surface area contributed by atoms with Crippen molar-refractivity contribution in [2.24, 2.45) is 0 Å². The molecule has 0 aliphatic heterocycles. The van der Waals surface area contributed by atoms with Crippen molar-refractivity contribution in [3.05, 3.63) is 59.7 Å². The summed E-state index contributed by atoms with van der Waals surface area (Å²) in [4.78, 5) is 21.2. The van der Waals surface area contributed by atoms with Gasteiger partial charge in [0.25, 0.3) is 5.91 Å². The predicted molar refractivity (Wildman–Crippen MR) is 105 cm³/mol. The average molecular weight is 389 g/mol. The Hall–Kier alpha value is -2.38. The smallest absolute Gasteiger partial charge is 0.260 e. The highest BCUT2D eigenvalue weighted by Crippen LogP contribution is 2.31. The Bertz CT molecular complexity index is 923. The van der Waals surface area contributed by atoms with Crippen molar-refractivity contribution < 1.29 is 13.6 Å². The van der Waals surface area contributed by atoms with E-state index in [0.717, 1.165) is 13.1 Å². The summed E-state index contributed by atoms with van der Waals surface area (Å²) in [5.41, 5.74) is 0.632. The monoisotopic (exact) mass is 389 g/mol. The highest BCUT2D eigenvalue weighted by atomic mass is 32.1. The number of likely N-dealkylation sites (N-methyl/N-ethyl adjacent to an activating group) is 1. The maximum Gasteiger partial charge on any atom is 0.260 e. The van der Waals surface area contributed by atoms with Gasteiger partial charge in [0.05, 0.1) is 4.70 Å². The van der Waals surface area contributed by atoms with Gasteiger partial charge < -0.3 is 4.90 Å². The summed E-state index contributed by atoms with van der Waals surface area (Å²) < 4.78 is 28.0. The molecule has 0 spiro atoms. The Balaban J connectivity index is 1.96. The SMILES string of the molecule is CCN(CC)CCN(C(=O)c1ccc(F)cc1)c1nc2c(F)cccc2s1. The van der Waals surface area contributed by atoms with Crippen LogP contribution < -0.4 is 4.90 Å². The third-order valence-corrected chi connectivity index (χ3v) is 5.50. The van der Waals surface area contributed by atoms with Gasteiger partial charge in [-0.25, -0.2) is 13.8 Å². The predicted octanol–water partition coefficient (Wildman–Crippen LogP) is 4.56. The van der Waals surface area contributed by atoms with Crippen molar-refractivity contribution in [2.75, 3.05) is 31.1 Å². The van der Waals surface area contributed by atoms with Crippen LogP contribution in [0.15, 0.2) is 42.5 Å². The van der Waals surface area contributed by atoms with Crippen molar-refractivity contribution in [3.8, 4) is 0 Å². The minimum absolute atomic E-state index is 0.261. The van der Waals surface area contributed by atoms with Gasteiger partial charge in [-0.1, -0.05) is 31.3 Å². The maximum atomic E-state index is 14.0. The minimum Gasteiger partial charge on any atom is -0.302 e. The molecule has 0 N–H and O–H groups in total. The fourth-order valence-electron chi connectivity index (χ4n) is 2.83. The van der Waals surface area contributed by atoms with Gasteiger partial charge in [0, 0.05) is 18.7 Å². The molecule has 0 fully saturated rings. The number of para-hydroxylation sites is 1. The number of rotatable bonds is 7. The van der Waals surface area contributed by atoms with Gasteiger partial charge in [-0.15, -0.1) is 0 Å². The molecule has 0 aliphatic carbocycles. The van der Waals surface area contributed by atoms with Gasteiger partial charge in [-0.3, -0.25) is 9.69 Å². The molecule has 27 heavy (non-hydrogen) atoms. The number of aromatic nitrogens is 1. The molecule has 1 heterocycles. The van der Waals surface area contributed by atoms with Gasteiger partial charge in [0.1, 0.15) is 17.2 Å². The number of halogens is 2. The topological polar surface area (TPSA) is 36.4 Å². The first-order chi connectivity index (χ1) is 13.0. The van der Waals surface area contributed by atoms with E-state index in [1.807, 2.05) is 0 Å². The largest absolute Gasteiger partial charge is 0.302 e. The molecule has 142 valence electrons. The third-order valence-electron chi connectivity index (χ3n) is 4.46. The van der Waals surface area contributed by atoms with Crippen LogP contribution in [-0.2, 0) is 0 Å². The van der Waals surface area contributed by atoms with E-state index in [4.69, 9.17) is 0 Å². The summed E-state index contributed by atoms with van der Waals surface area (Å²) in [6.45, 7) is 6.93. The molecule has 0 saturated heterocycles. The standard InChI is InChI=1S/C20H21F2N3OS/c1-3-24(4-2)12-13-25(19(26)14-8-10-15(21)11-9-14)20-23-18-16(22)6-5-7-17(18)27-20/h5-11H,3-4,12-13H2,1-2H3. The number of benzene rings is 2. The van der Waals surface area contributed by atoms with Crippen molar-refractivity contribution in [1.29, 1.82) is 0 Å². The molecule has 3 rings (SSSR count). The van der Waals surface area contributed by atoms with Gasteiger partial charge >= 0.3 is 0 Å². The van der Waals surface area contributed by atoms with E-state index in [2.05, 4.69) is 23.7 Å². The molecule has 2 aromatic carbocycles. The average Bonchev–Trinajstić information content (AvgIpc) is 3.11. The van der Waals surface area contributed by atoms with Crippen molar-refractivity contribution in [2.45, 2.75) is 13.8 Å². The van der Waals surface area contributed by atoms with Crippen LogP contribution in [0.4, 0.5) is 13.9 Å². The Kier molecular flexibility index (Phi) is 6.13. The van der Waals surface area contributed by atoms with Crippen LogP contribution in [-0.4, -0.2) is 42.0 Å². The Morgan fingerprint density at radius 1 is 1.04 bits per heavy atom. The third kappa shape index (κ3) is 4.31. The molecule has 0 aliphatic rings. The van der Waals surface area contributed by atoms with Crippen LogP contribution in [0.25, 0.3) is 10.2 Å². The van der Waals surface area contributed by atoms with E-state index < -0.39 is 11.6 Å². The summed E-state index contributed by atoms with van der Waals surface area (Å²) in [7, 11) is 0. The first-order valence-electron chi connectivity index (χ1n) is 8.88. The number of carbonyl (C=O) groups excluding carboxylic acids is 1. The lowest BCUT2D eigenvalue weighted by atomic mass is 10.2. The quantitative estimate of drug-likeness (QED) is 0.594. The molecule has 0 saturated carbocycles. The number of hydrogen-bond acceptors (Lipinski definition) is 4. The summed E-state index contributed by atoms with van der Waals surface area (Å²) >= 11 is 1.27. The first-order valence-corrected chi connectivity index (χ1v) is 9.70. The van der Waals surface area contributed by atoms with Crippen LogP contribution in [0.2, 0.25) is 0 Å². The molecule has 1 aromatic heterocycles. The van der Waals surface area contributed by atoms with Crippen LogP contribution in [0.3, 0.4) is 0 Å². The second-order valence-corrected chi connectivity index (χ2v) is 7.08. The van der Waals surface area contributed by atoms with Gasteiger partial charge in [-0.2, -0.15) is 0 Å². The van der Waals surface area contributed by atoms with Gasteiger partial charge in [0.15, 0.2) is 5.13 Å². The summed E-state index contributed by atoms with van der Waals surface area (Å²) in [5.74, 6) is -1.09. The Morgan fingerprint density at radius 2 is 1.74 bits per heavy atom. The van der Waals surface area contributed by atoms with Crippen LogP contribution in [0.5, 0.6) is 0 Å². The molecule has 0 atom stereocenters. The van der Waals surface area contributed by atoms with Crippen molar-refractivity contribution in [3.63, 3.8) is 0 Å². The van der Waals surface area contributed by atoms with E-state index in [1.165, 1.54) is 41.7 Å². The summed E-state index contributed by atoms with van der Waals surface area (Å²) in [6, 6.07) is 10.2. The molecule has 1 amide bonds. The molecule has 0 unspecified atom stereocenters. The highest BCUT2D eigenvalue weighted by Gasteiger charge is 2.22. The zero-order valence-electron chi connectivity index (χ0n) is 15.3. The number of anilines is 1. The number of thiazole rings is 1. The van der Waals surface area contributed by atoms with Crippen molar-refractivity contribution in [1.82, 2.24) is 9.88 Å². The zero-order valence-corrected chi connectivity index (χ0v) is 16.1. The van der Waals surface area contributed by atoms with E-state index in [-0.39, 0.29) is 11.4 Å². The molecule has 0 bridgehead atoms. The lowest BCUT2D eigenvalue weighted by molar-refractivity contribution is 0.0983. The molecule has 3 aromatic rings. The van der Waals surface area contributed by atoms with Crippen LogP contribution in [0.1, 0.15) is 24.2 Å². The second-order valence-electron chi connectivity index (χ2n) is 6.07. The zero-order chi connectivity index (χ0) is 19.4. The van der Waals surface area contributed by atoms with E-state index >= 15 is 0 Å². The van der Waals surface area contributed by atoms with Gasteiger partial charge in [0.2, 0.25) is 0 Å². The molecule has 4 nitrogen and oxygen atoms in total. The Labute approximate surface area is 161 Å². The van der Waals surface area contributed by atoms with Crippen molar-refractivity contribution >= 4 is 32.6 Å². The lowest BCUT2D eigenvalue weighted by Gasteiger charge is -2.24. The Morgan fingerprint density at radius 3 is 2.37 bits per heavy atom. The van der Waals surface area contributed by atoms with E-state index in [9.17, 15) is 13.6 Å². The molecule has 0 radical (unpaired) electrons. The summed E-state index contributed by atoms with van der Waals surface area (Å²) in [6.07, 6.45) is 0. The van der Waals surface area contributed by atoms with Gasteiger partial charge in [-0.05, 0) is 49.5 Å². The highest BCUT2D eigenvalue weighted by molar-refractivity contribution is 7.22. The first kappa shape index (κ1) is 19.4. The number of amides is 1. The van der Waals surface area contributed by atoms with E-state index in [1.54, 1.807) is 17.0 Å². The van der Waals surface area contributed by atoms with Crippen LogP contribution >= 0.6 is 11.3 Å². The maximum absolute atomic E-state index is 14.0. The fourth-order valence-corrected chi connectivity index (χ4v) is 3.84. The molecular formula is C20H21F2N3OS. The second kappa shape index (κ2) is 8.54. The van der Waals surface area contributed by atoms with Crippen LogP contribution in [0, 0.1) is 11.6 Å². The minimum atomic E-state index is -0.409. The van der Waals surface area contributed by atoms with E-state index in [0.29, 0.717) is 28.5 Å². The summed E-state index contributed by atoms with van der Waals surface area (Å²) in [5, 5.41) is 0.441. The fraction of sp³-hybridized carbons (Fsp3) is 0.300. The number of carbonyl (C=O) groups is 1. The number of nitrogens with zero attached hydrogens (tertiary/aromatic N) is 3. The number of hydrogen-bond donors (Lipinski definition) is 0. The lowest BCUT2D eigenvalue weighted by Crippen LogP contribution is -2.38. The molecular weight excluding hydrogens is 368 g/mol. The molecule has 7 heteroatoms.